The van der Waals surface area contributed by atoms with Crippen LogP contribution in [-0.2, 0) is 0 Å². The van der Waals surface area contributed by atoms with Gasteiger partial charge in [-0.1, -0.05) is 0 Å². The van der Waals surface area contributed by atoms with E-state index in [1.54, 1.807) is 0 Å². The molecule has 0 unspecified atom stereocenters. The molecule has 4 heteroatoms. The van der Waals surface area contributed by atoms with Crippen molar-refractivity contribution in [2.45, 2.75) is 0 Å². The van der Waals surface area contributed by atoms with Crippen LogP contribution in [0.2, 0.25) is 0 Å². The third-order valence-electron chi connectivity index (χ3n) is 0. The third kappa shape index (κ3) is 75800. The van der Waals surface area contributed by atoms with Crippen LogP contribution in [0.25, 0.3) is 0 Å². The Morgan fingerprint density at radius 2 is 0.600 bits per heavy atom. The van der Waals surface area contributed by atoms with E-state index in [2.05, 4.69) is 28.2 Å². The fourth-order valence-electron chi connectivity index (χ4n) is 0. The molecule has 15 heavy (non-hydrogen) atoms. The molecule has 0 heterocycles. The van der Waals surface area contributed by atoms with Gasteiger partial charge in [0.15, 0.2) is 0 Å². The van der Waals surface area contributed by atoms with E-state index in [0.29, 0.717) is 0 Å². The molecular formula is C11H35N3O. The Bertz CT molecular complexity index is 70.8. The SMILES string of the molecule is CN(C)C.CN(C)C.C[N+](C)(C)C.O.[CH3-]. The summed E-state index contributed by atoms with van der Waals surface area (Å²) in [5.74, 6) is 0. The molecule has 0 amide bonds. The minimum absolute atomic E-state index is 0. The maximum Gasteiger partial charge on any atom is 0.0675 e. The van der Waals surface area contributed by atoms with Gasteiger partial charge in [0, 0.05) is 0 Å². The molecule has 0 radical (unpaired) electrons. The van der Waals surface area contributed by atoms with Crippen LogP contribution in [0.3, 0.4) is 0 Å². The number of hydrogen-bond donors (Lipinski definition) is 0. The molecule has 100 valence electrons. The monoisotopic (exact) mass is 225 g/mol. The van der Waals surface area contributed by atoms with Crippen molar-refractivity contribution in [2.75, 3.05) is 70.5 Å². The second-order valence-electron chi connectivity index (χ2n) is 5.37. The lowest BCUT2D eigenvalue weighted by Crippen LogP contribution is -2.27. The molecule has 0 fully saturated rings. The Balaban J connectivity index is -0.0000000315. The zero-order valence-corrected chi connectivity index (χ0v) is 12.8. The Kier molecular flexibility index (Phi) is 31.9. The quantitative estimate of drug-likeness (QED) is 0.439. The highest BCUT2D eigenvalue weighted by atomic mass is 16.0. The second kappa shape index (κ2) is 16.3. The van der Waals surface area contributed by atoms with Crippen LogP contribution in [0.5, 0.6) is 0 Å². The molecular weight excluding hydrogens is 190 g/mol. The van der Waals surface area contributed by atoms with Crippen LogP contribution in [0, 0.1) is 7.43 Å². The first kappa shape index (κ1) is 29.4. The highest BCUT2D eigenvalue weighted by molar-refractivity contribution is 4.09. The molecule has 0 saturated heterocycles. The average Bonchev–Trinajstić information content (AvgIpc) is 1.50. The molecule has 0 rings (SSSR count). The standard InChI is InChI=1S/C4H12N.2C3H9N.CH3.H2O/c1-5(2,3)4;2*1-4(2)3;;/h1-4H3;2*1-3H3;1H3;1H2/q+1;;;-1;. The van der Waals surface area contributed by atoms with Gasteiger partial charge in [-0.2, -0.15) is 0 Å². The summed E-state index contributed by atoms with van der Waals surface area (Å²) in [7, 11) is 20.5. The van der Waals surface area contributed by atoms with Gasteiger partial charge in [-0.25, -0.2) is 0 Å². The largest absolute Gasteiger partial charge is 0.412 e. The maximum absolute atomic E-state index is 2.12. The van der Waals surface area contributed by atoms with E-state index in [-0.39, 0.29) is 12.9 Å². The van der Waals surface area contributed by atoms with Crippen LogP contribution in [-0.4, -0.2) is 90.2 Å². The summed E-state index contributed by atoms with van der Waals surface area (Å²) >= 11 is 0. The molecule has 0 aliphatic heterocycles. The van der Waals surface area contributed by atoms with E-state index in [0.717, 1.165) is 4.48 Å². The topological polar surface area (TPSA) is 38.0 Å². The van der Waals surface area contributed by atoms with Crippen molar-refractivity contribution in [1.29, 1.82) is 0 Å². The number of hydrogen-bond acceptors (Lipinski definition) is 2. The first-order valence-electron chi connectivity index (χ1n) is 4.47. The highest BCUT2D eigenvalue weighted by Crippen LogP contribution is 1.73. The normalized spacial score (nSPS) is 8.80. The highest BCUT2D eigenvalue weighted by Gasteiger charge is 1.88. The van der Waals surface area contributed by atoms with Crippen molar-refractivity contribution >= 4 is 0 Å². The van der Waals surface area contributed by atoms with Gasteiger partial charge >= 0.3 is 0 Å². The fraction of sp³-hybridized carbons (Fsp3) is 0.909. The van der Waals surface area contributed by atoms with E-state index in [1.807, 2.05) is 52.1 Å². The fourth-order valence-corrected chi connectivity index (χ4v) is 0. The Hall–Kier alpha value is -0.160. The van der Waals surface area contributed by atoms with E-state index >= 15 is 0 Å². The van der Waals surface area contributed by atoms with Crippen LogP contribution in [0.4, 0.5) is 0 Å². The minimum Gasteiger partial charge on any atom is -0.412 e. The van der Waals surface area contributed by atoms with Crippen molar-refractivity contribution in [1.82, 2.24) is 9.80 Å². The molecule has 0 aromatic rings. The second-order valence-corrected chi connectivity index (χ2v) is 5.37. The Labute approximate surface area is 98.4 Å². The first-order valence-corrected chi connectivity index (χ1v) is 4.47. The summed E-state index contributed by atoms with van der Waals surface area (Å²) in [6.45, 7) is 0. The van der Waals surface area contributed by atoms with E-state index in [4.69, 9.17) is 0 Å². The molecule has 2 N–H and O–H groups in total. The number of nitrogens with zero attached hydrogens (tertiary/aromatic N) is 3. The number of quaternary nitrogens is 1. The van der Waals surface area contributed by atoms with Crippen molar-refractivity contribution in [3.63, 3.8) is 0 Å². The Morgan fingerprint density at radius 1 is 0.600 bits per heavy atom. The third-order valence-corrected chi connectivity index (χ3v) is 0. The minimum atomic E-state index is 0. The smallest absolute Gasteiger partial charge is 0.0675 e. The van der Waals surface area contributed by atoms with E-state index in [1.165, 1.54) is 0 Å². The van der Waals surface area contributed by atoms with Gasteiger partial charge in [0.2, 0.25) is 0 Å². The molecule has 4 nitrogen and oxygen atoms in total. The van der Waals surface area contributed by atoms with E-state index < -0.39 is 0 Å². The zero-order valence-electron chi connectivity index (χ0n) is 12.8. The lowest BCUT2D eigenvalue weighted by molar-refractivity contribution is -0.849. The van der Waals surface area contributed by atoms with Crippen molar-refractivity contribution in [3.05, 3.63) is 7.43 Å². The van der Waals surface area contributed by atoms with Crippen LogP contribution < -0.4 is 0 Å². The summed E-state index contributed by atoms with van der Waals surface area (Å²) in [4.78, 5) is 4.00. The predicted octanol–water partition coefficient (Wildman–Crippen LogP) is 0.304. The molecule has 0 spiro atoms. The maximum atomic E-state index is 2.12. The summed E-state index contributed by atoms with van der Waals surface area (Å²) in [5, 5.41) is 0. The van der Waals surface area contributed by atoms with Crippen LogP contribution >= 0.6 is 0 Å². The zero-order chi connectivity index (χ0) is 11.7. The lowest BCUT2D eigenvalue weighted by Gasteiger charge is -2.14. The van der Waals surface area contributed by atoms with Gasteiger partial charge in [0.1, 0.15) is 0 Å². The molecule has 0 bridgehead atoms. The Morgan fingerprint density at radius 3 is 0.600 bits per heavy atom. The average molecular weight is 225 g/mol. The molecule has 0 atom stereocenters. The first-order chi connectivity index (χ1) is 5.46. The van der Waals surface area contributed by atoms with Gasteiger partial charge in [0.05, 0.1) is 28.2 Å². The summed E-state index contributed by atoms with van der Waals surface area (Å²) in [6.07, 6.45) is 0. The van der Waals surface area contributed by atoms with Crippen molar-refractivity contribution < 1.29 is 9.96 Å². The summed E-state index contributed by atoms with van der Waals surface area (Å²) < 4.78 is 1.00. The lowest BCUT2D eigenvalue weighted by atomic mass is 10.8. The van der Waals surface area contributed by atoms with Crippen molar-refractivity contribution in [2.24, 2.45) is 0 Å². The molecule has 0 aliphatic rings. The predicted molar refractivity (Wildman–Crippen MR) is 73.2 cm³/mol. The van der Waals surface area contributed by atoms with Crippen LogP contribution in [0.15, 0.2) is 0 Å². The molecule has 0 aromatic heterocycles. The van der Waals surface area contributed by atoms with Gasteiger partial charge in [-0.15, -0.1) is 0 Å². The van der Waals surface area contributed by atoms with Crippen LogP contribution in [0.1, 0.15) is 0 Å². The molecule has 0 aromatic carbocycles. The van der Waals surface area contributed by atoms with E-state index in [9.17, 15) is 0 Å². The van der Waals surface area contributed by atoms with Gasteiger partial charge in [-0.05, 0) is 42.3 Å². The van der Waals surface area contributed by atoms with Gasteiger partial charge in [-0.3, -0.25) is 0 Å². The summed E-state index contributed by atoms with van der Waals surface area (Å²) in [6, 6.07) is 0. The number of rotatable bonds is 0. The van der Waals surface area contributed by atoms with Crippen molar-refractivity contribution in [3.8, 4) is 0 Å². The molecule has 0 aliphatic carbocycles. The van der Waals surface area contributed by atoms with Gasteiger partial charge < -0.3 is 27.2 Å². The molecule has 0 saturated carbocycles. The summed E-state index contributed by atoms with van der Waals surface area (Å²) in [5.41, 5.74) is 0. The van der Waals surface area contributed by atoms with Gasteiger partial charge in [0.25, 0.3) is 0 Å².